The van der Waals surface area contributed by atoms with Crippen LogP contribution >= 0.6 is 0 Å². The molecule has 4 atom stereocenters. The first-order chi connectivity index (χ1) is 13.0. The van der Waals surface area contributed by atoms with Crippen LogP contribution in [0.5, 0.6) is 0 Å². The average molecular weight is 369 g/mol. The average Bonchev–Trinajstić information content (AvgIpc) is 3.36. The zero-order chi connectivity index (χ0) is 18.8. The van der Waals surface area contributed by atoms with E-state index in [-0.39, 0.29) is 18.4 Å². The molecule has 8 heteroatoms. The number of anilines is 2. The molecule has 2 unspecified atom stereocenters. The van der Waals surface area contributed by atoms with E-state index in [1.54, 1.807) is 19.1 Å². The van der Waals surface area contributed by atoms with Gasteiger partial charge < -0.3 is 14.6 Å². The van der Waals surface area contributed by atoms with Crippen molar-refractivity contribution < 1.29 is 23.2 Å². The van der Waals surface area contributed by atoms with Crippen molar-refractivity contribution in [2.75, 3.05) is 16.8 Å². The van der Waals surface area contributed by atoms with Gasteiger partial charge in [-0.15, -0.1) is 0 Å². The van der Waals surface area contributed by atoms with Gasteiger partial charge in [-0.05, 0) is 25.1 Å². The number of hydrogen-bond donors (Lipinski definition) is 1. The first-order valence-corrected chi connectivity index (χ1v) is 8.65. The number of aryl methyl sites for hydroxylation is 1. The van der Waals surface area contributed by atoms with Crippen molar-refractivity contribution in [2.24, 2.45) is 11.8 Å². The molecule has 2 bridgehead atoms. The van der Waals surface area contributed by atoms with Crippen LogP contribution in [-0.4, -0.2) is 35.2 Å². The molecule has 0 radical (unpaired) electrons. The molecule has 2 aromatic rings. The normalized spacial score (nSPS) is 30.8. The third kappa shape index (κ3) is 2.33. The highest BCUT2D eigenvalue weighted by Gasteiger charge is 2.67. The molecule has 0 aliphatic carbocycles. The van der Waals surface area contributed by atoms with Crippen molar-refractivity contribution in [1.82, 2.24) is 5.16 Å². The minimum absolute atomic E-state index is 0.227. The Hall–Kier alpha value is -3.00. The fourth-order valence-electron chi connectivity index (χ4n) is 4.26. The van der Waals surface area contributed by atoms with Gasteiger partial charge in [0.15, 0.2) is 5.82 Å². The van der Waals surface area contributed by atoms with E-state index in [1.807, 2.05) is 12.2 Å². The van der Waals surface area contributed by atoms with Crippen LogP contribution in [0.3, 0.4) is 0 Å². The van der Waals surface area contributed by atoms with Crippen LogP contribution in [0.15, 0.2) is 47.0 Å². The lowest BCUT2D eigenvalue weighted by molar-refractivity contribution is -0.128. The fourth-order valence-corrected chi connectivity index (χ4v) is 4.26. The smallest absolute Gasteiger partial charge is 0.235 e. The van der Waals surface area contributed by atoms with Crippen LogP contribution in [0, 0.1) is 24.6 Å². The summed E-state index contributed by atoms with van der Waals surface area (Å²) in [5, 5.41) is 6.61. The molecular formula is C19H16FN3O4. The zero-order valence-corrected chi connectivity index (χ0v) is 14.4. The first-order valence-electron chi connectivity index (χ1n) is 8.65. The van der Waals surface area contributed by atoms with Crippen molar-refractivity contribution in [3.05, 3.63) is 54.1 Å². The summed E-state index contributed by atoms with van der Waals surface area (Å²) >= 11 is 0. The van der Waals surface area contributed by atoms with Gasteiger partial charge in [-0.25, -0.2) is 4.39 Å². The molecule has 7 nitrogen and oxygen atoms in total. The molecule has 1 N–H and O–H groups in total. The Kier molecular flexibility index (Phi) is 3.30. The highest BCUT2D eigenvalue weighted by Crippen LogP contribution is 2.52. The Morgan fingerprint density at radius 2 is 2.26 bits per heavy atom. The molecule has 3 aliphatic heterocycles. The number of amides is 2. The Bertz CT molecular complexity index is 987. The van der Waals surface area contributed by atoms with Gasteiger partial charge in [0.25, 0.3) is 0 Å². The standard InChI is InChI=1S/C19H16FN3O4/c1-10-7-14(22-27-10)23-9-19-6-5-13(26-19)15(16(19)18(23)25)17(24)21-12-4-2-3-11(20)8-12/h2-8,13,15-16H,9H2,1H3,(H,21,24)/t13-,15?,16?,19+/m1/s1. The van der Waals surface area contributed by atoms with Gasteiger partial charge in [-0.3, -0.25) is 14.5 Å². The Labute approximate surface area is 153 Å². The van der Waals surface area contributed by atoms with E-state index < -0.39 is 29.4 Å². The largest absolute Gasteiger partial charge is 0.360 e. The molecule has 1 spiro atoms. The Morgan fingerprint density at radius 3 is 3.00 bits per heavy atom. The molecule has 4 heterocycles. The van der Waals surface area contributed by atoms with E-state index in [1.165, 1.54) is 23.1 Å². The number of rotatable bonds is 3. The molecule has 5 rings (SSSR count). The molecular weight excluding hydrogens is 353 g/mol. The van der Waals surface area contributed by atoms with Gasteiger partial charge in [-0.2, -0.15) is 0 Å². The lowest BCUT2D eigenvalue weighted by Gasteiger charge is -2.23. The van der Waals surface area contributed by atoms with Gasteiger partial charge >= 0.3 is 0 Å². The van der Waals surface area contributed by atoms with Crippen molar-refractivity contribution in [1.29, 1.82) is 0 Å². The first kappa shape index (κ1) is 16.2. The molecule has 2 amide bonds. The minimum Gasteiger partial charge on any atom is -0.360 e. The molecule has 138 valence electrons. The van der Waals surface area contributed by atoms with E-state index in [2.05, 4.69) is 10.5 Å². The van der Waals surface area contributed by atoms with Gasteiger partial charge in [0.1, 0.15) is 17.2 Å². The van der Waals surface area contributed by atoms with Gasteiger partial charge in [-0.1, -0.05) is 23.4 Å². The second-order valence-corrected chi connectivity index (χ2v) is 7.12. The predicted molar refractivity (Wildman–Crippen MR) is 92.3 cm³/mol. The van der Waals surface area contributed by atoms with Gasteiger partial charge in [0.2, 0.25) is 11.8 Å². The quantitative estimate of drug-likeness (QED) is 0.837. The number of nitrogens with one attached hydrogen (secondary N) is 1. The van der Waals surface area contributed by atoms with E-state index in [9.17, 15) is 14.0 Å². The van der Waals surface area contributed by atoms with Crippen LogP contribution in [0.2, 0.25) is 0 Å². The molecule has 1 aromatic carbocycles. The third-order valence-corrected chi connectivity index (χ3v) is 5.39. The second-order valence-electron chi connectivity index (χ2n) is 7.12. The maximum absolute atomic E-state index is 13.4. The van der Waals surface area contributed by atoms with E-state index in [4.69, 9.17) is 9.26 Å². The summed E-state index contributed by atoms with van der Waals surface area (Å²) in [5.74, 6) is -1.39. The summed E-state index contributed by atoms with van der Waals surface area (Å²) in [4.78, 5) is 27.5. The summed E-state index contributed by atoms with van der Waals surface area (Å²) in [6.45, 7) is 2.02. The minimum atomic E-state index is -0.849. The van der Waals surface area contributed by atoms with Crippen LogP contribution < -0.4 is 10.2 Å². The van der Waals surface area contributed by atoms with E-state index in [0.29, 0.717) is 17.3 Å². The summed E-state index contributed by atoms with van der Waals surface area (Å²) in [6, 6.07) is 7.32. The number of aromatic nitrogens is 1. The number of nitrogens with zero attached hydrogens (tertiary/aromatic N) is 2. The molecule has 0 saturated carbocycles. The number of benzene rings is 1. The van der Waals surface area contributed by atoms with E-state index in [0.717, 1.165) is 0 Å². The molecule has 3 aliphatic rings. The van der Waals surface area contributed by atoms with Crippen molar-refractivity contribution >= 4 is 23.3 Å². The van der Waals surface area contributed by atoms with Gasteiger partial charge in [0, 0.05) is 11.8 Å². The van der Waals surface area contributed by atoms with Crippen LogP contribution in [0.25, 0.3) is 0 Å². The highest BCUT2D eigenvalue weighted by molar-refractivity contribution is 6.05. The summed E-state index contributed by atoms with van der Waals surface area (Å²) < 4.78 is 24.5. The zero-order valence-electron chi connectivity index (χ0n) is 14.4. The number of fused-ring (bicyclic) bond motifs is 1. The lowest BCUT2D eigenvalue weighted by atomic mass is 9.77. The topological polar surface area (TPSA) is 84.7 Å². The number of carbonyl (C=O) groups is 2. The molecule has 27 heavy (non-hydrogen) atoms. The SMILES string of the molecule is Cc1cc(N2C[C@]34C=C[C@@H](O3)C(C(=O)Nc3cccc(F)c3)C4C2=O)no1. The number of halogens is 1. The molecule has 2 fully saturated rings. The molecule has 1 aromatic heterocycles. The van der Waals surface area contributed by atoms with Crippen molar-refractivity contribution in [3.63, 3.8) is 0 Å². The lowest BCUT2D eigenvalue weighted by Crippen LogP contribution is -2.41. The fraction of sp³-hybridized carbons (Fsp3) is 0.316. The maximum Gasteiger partial charge on any atom is 0.235 e. The monoisotopic (exact) mass is 369 g/mol. The Balaban J connectivity index is 1.44. The van der Waals surface area contributed by atoms with E-state index >= 15 is 0 Å². The number of hydrogen-bond acceptors (Lipinski definition) is 5. The number of ether oxygens (including phenoxy) is 1. The van der Waals surface area contributed by atoms with Crippen LogP contribution in [0.4, 0.5) is 15.9 Å². The highest BCUT2D eigenvalue weighted by atomic mass is 19.1. The van der Waals surface area contributed by atoms with Crippen LogP contribution in [-0.2, 0) is 14.3 Å². The Morgan fingerprint density at radius 1 is 1.41 bits per heavy atom. The maximum atomic E-state index is 13.4. The third-order valence-electron chi connectivity index (χ3n) is 5.39. The van der Waals surface area contributed by atoms with Crippen LogP contribution in [0.1, 0.15) is 5.76 Å². The predicted octanol–water partition coefficient (Wildman–Crippen LogP) is 2.05. The summed E-state index contributed by atoms with van der Waals surface area (Å²) in [6.07, 6.45) is 3.20. The molecule has 2 saturated heterocycles. The van der Waals surface area contributed by atoms with Gasteiger partial charge in [0.05, 0.1) is 24.5 Å². The summed E-state index contributed by atoms with van der Waals surface area (Å²) in [7, 11) is 0. The number of carbonyl (C=O) groups excluding carboxylic acids is 2. The second kappa shape index (κ2) is 5.50. The summed E-state index contributed by atoms with van der Waals surface area (Å²) in [5.41, 5.74) is -0.506. The van der Waals surface area contributed by atoms with Crippen molar-refractivity contribution in [3.8, 4) is 0 Å². The van der Waals surface area contributed by atoms with Crippen molar-refractivity contribution in [2.45, 2.75) is 18.6 Å².